The van der Waals surface area contributed by atoms with Gasteiger partial charge in [-0.15, -0.1) is 10.2 Å². The lowest BCUT2D eigenvalue weighted by Gasteiger charge is -2.22. The molecule has 0 atom stereocenters. The summed E-state index contributed by atoms with van der Waals surface area (Å²) >= 11 is 0. The first-order chi connectivity index (χ1) is 13.3. The Bertz CT molecular complexity index is 845. The van der Waals surface area contributed by atoms with Gasteiger partial charge >= 0.3 is 12.2 Å². The summed E-state index contributed by atoms with van der Waals surface area (Å²) in [6.07, 6.45) is 0.502. The maximum Gasteiger partial charge on any atom is 0.416 e. The van der Waals surface area contributed by atoms with Gasteiger partial charge in [-0.3, -0.25) is 10.1 Å². The molecule has 0 spiro atoms. The highest BCUT2D eigenvalue weighted by Gasteiger charge is 2.30. The number of tetrazole rings is 1. The number of halogens is 3. The minimum atomic E-state index is -4.49. The van der Waals surface area contributed by atoms with Crippen LogP contribution in [0.3, 0.4) is 0 Å². The van der Waals surface area contributed by atoms with Crippen LogP contribution in [0.4, 0.5) is 18.0 Å². The normalized spacial score (nSPS) is 15.2. The van der Waals surface area contributed by atoms with Crippen molar-refractivity contribution < 1.29 is 22.8 Å². The van der Waals surface area contributed by atoms with E-state index in [1.807, 2.05) is 0 Å². The van der Waals surface area contributed by atoms with Crippen LogP contribution in [0.5, 0.6) is 0 Å². The summed E-state index contributed by atoms with van der Waals surface area (Å²) in [5.74, 6) is -0.702. The van der Waals surface area contributed by atoms with E-state index in [9.17, 15) is 22.8 Å². The lowest BCUT2D eigenvalue weighted by Crippen LogP contribution is -2.46. The van der Waals surface area contributed by atoms with Gasteiger partial charge in [0.15, 0.2) is 0 Å². The SMILES string of the molecule is O=C(Cn1nnc(-c2cccc(C(F)(F)F)c2)n1)NC(=O)NC1CCCCC1. The maximum atomic E-state index is 12.8. The highest BCUT2D eigenvalue weighted by Crippen LogP contribution is 2.31. The molecule has 8 nitrogen and oxygen atoms in total. The van der Waals surface area contributed by atoms with Crippen molar-refractivity contribution in [1.82, 2.24) is 30.8 Å². The average molecular weight is 396 g/mol. The van der Waals surface area contributed by atoms with E-state index in [0.29, 0.717) is 0 Å². The molecule has 3 rings (SSSR count). The largest absolute Gasteiger partial charge is 0.416 e. The van der Waals surface area contributed by atoms with Gasteiger partial charge in [0.25, 0.3) is 5.91 Å². The molecule has 1 aromatic carbocycles. The number of urea groups is 1. The number of nitrogens with zero attached hydrogens (tertiary/aromatic N) is 4. The first-order valence-electron chi connectivity index (χ1n) is 8.87. The number of amides is 3. The number of alkyl halides is 3. The molecule has 2 aromatic rings. The van der Waals surface area contributed by atoms with Gasteiger partial charge in [-0.25, -0.2) is 4.79 Å². The number of carbonyl (C=O) groups excluding carboxylic acids is 2. The fourth-order valence-electron chi connectivity index (χ4n) is 3.02. The molecule has 1 aliphatic rings. The van der Waals surface area contributed by atoms with Gasteiger partial charge in [-0.05, 0) is 30.2 Å². The molecule has 1 saturated carbocycles. The van der Waals surface area contributed by atoms with E-state index in [0.717, 1.165) is 49.0 Å². The van der Waals surface area contributed by atoms with Gasteiger partial charge in [-0.2, -0.15) is 18.0 Å². The van der Waals surface area contributed by atoms with Crippen molar-refractivity contribution in [2.45, 2.75) is 50.9 Å². The van der Waals surface area contributed by atoms with Gasteiger partial charge in [0, 0.05) is 11.6 Å². The quantitative estimate of drug-likeness (QED) is 0.827. The predicted octanol–water partition coefficient (Wildman–Crippen LogP) is 2.52. The molecule has 11 heteroatoms. The first-order valence-corrected chi connectivity index (χ1v) is 8.87. The Morgan fingerprint density at radius 2 is 1.93 bits per heavy atom. The van der Waals surface area contributed by atoms with Gasteiger partial charge in [0.05, 0.1) is 5.56 Å². The molecule has 0 unspecified atom stereocenters. The number of hydrogen-bond acceptors (Lipinski definition) is 5. The smallest absolute Gasteiger partial charge is 0.335 e. The van der Waals surface area contributed by atoms with E-state index in [4.69, 9.17) is 0 Å². The fourth-order valence-corrected chi connectivity index (χ4v) is 3.02. The van der Waals surface area contributed by atoms with E-state index in [1.165, 1.54) is 12.1 Å². The van der Waals surface area contributed by atoms with Crippen molar-refractivity contribution in [3.8, 4) is 11.4 Å². The molecule has 0 saturated heterocycles. The summed E-state index contributed by atoms with van der Waals surface area (Å²) in [7, 11) is 0. The number of hydrogen-bond donors (Lipinski definition) is 2. The standard InChI is InChI=1S/C17H19F3N6O2/c18-17(19,20)12-6-4-5-11(9-12)15-23-25-26(24-15)10-14(27)22-16(28)21-13-7-2-1-3-8-13/h4-6,9,13H,1-3,7-8,10H2,(H2,21,22,27,28). The van der Waals surface area contributed by atoms with Crippen molar-refractivity contribution in [2.24, 2.45) is 0 Å². The fraction of sp³-hybridized carbons (Fsp3) is 0.471. The monoisotopic (exact) mass is 396 g/mol. The predicted molar refractivity (Wildman–Crippen MR) is 91.8 cm³/mol. The zero-order valence-electron chi connectivity index (χ0n) is 14.9. The molecular formula is C17H19F3N6O2. The Kier molecular flexibility index (Phi) is 5.90. The Labute approximate surface area is 158 Å². The van der Waals surface area contributed by atoms with Crippen LogP contribution in [0, 0.1) is 0 Å². The summed E-state index contributed by atoms with van der Waals surface area (Å²) < 4.78 is 38.4. The third kappa shape index (κ3) is 5.27. The molecule has 1 heterocycles. The lowest BCUT2D eigenvalue weighted by molar-refractivity contribution is -0.137. The van der Waals surface area contributed by atoms with Crippen molar-refractivity contribution >= 4 is 11.9 Å². The topological polar surface area (TPSA) is 102 Å². The summed E-state index contributed by atoms with van der Waals surface area (Å²) in [5, 5.41) is 16.2. The third-order valence-electron chi connectivity index (χ3n) is 4.38. The molecule has 150 valence electrons. The molecule has 0 bridgehead atoms. The van der Waals surface area contributed by atoms with Gasteiger partial charge in [0.2, 0.25) is 5.82 Å². The average Bonchev–Trinajstić information content (AvgIpc) is 3.10. The second-order valence-electron chi connectivity index (χ2n) is 6.58. The van der Waals surface area contributed by atoms with E-state index < -0.39 is 23.7 Å². The van der Waals surface area contributed by atoms with Crippen LogP contribution in [0.2, 0.25) is 0 Å². The van der Waals surface area contributed by atoms with Crippen molar-refractivity contribution in [2.75, 3.05) is 0 Å². The van der Waals surface area contributed by atoms with Crippen molar-refractivity contribution in [1.29, 1.82) is 0 Å². The molecule has 2 N–H and O–H groups in total. The van der Waals surface area contributed by atoms with Crippen molar-refractivity contribution in [3.05, 3.63) is 29.8 Å². The van der Waals surface area contributed by atoms with E-state index in [1.54, 1.807) is 0 Å². The number of aromatic nitrogens is 4. The summed E-state index contributed by atoms with van der Waals surface area (Å²) in [4.78, 5) is 24.7. The van der Waals surface area contributed by atoms with Crippen LogP contribution in [0.25, 0.3) is 11.4 Å². The Hall–Kier alpha value is -2.98. The summed E-state index contributed by atoms with van der Waals surface area (Å²) in [5.41, 5.74) is -0.713. The second-order valence-corrected chi connectivity index (χ2v) is 6.58. The molecule has 1 fully saturated rings. The van der Waals surface area contributed by atoms with Crippen molar-refractivity contribution in [3.63, 3.8) is 0 Å². The van der Waals surface area contributed by atoms with Gasteiger partial charge in [0.1, 0.15) is 6.54 Å². The number of benzene rings is 1. The molecule has 3 amide bonds. The number of rotatable bonds is 4. The molecule has 0 aliphatic heterocycles. The second kappa shape index (κ2) is 8.36. The Balaban J connectivity index is 1.57. The van der Waals surface area contributed by atoms with Gasteiger partial charge in [-0.1, -0.05) is 31.4 Å². The molecule has 1 aromatic heterocycles. The van der Waals surface area contributed by atoms with Crippen LogP contribution in [0.1, 0.15) is 37.7 Å². The Morgan fingerprint density at radius 1 is 1.18 bits per heavy atom. The first kappa shape index (κ1) is 19.8. The van der Waals surface area contributed by atoms with Crippen LogP contribution in [-0.2, 0) is 17.5 Å². The van der Waals surface area contributed by atoms with E-state index in [-0.39, 0.29) is 24.0 Å². The minimum absolute atomic E-state index is 0.0504. The summed E-state index contributed by atoms with van der Waals surface area (Å²) in [6.45, 7) is -0.385. The van der Waals surface area contributed by atoms with E-state index >= 15 is 0 Å². The molecular weight excluding hydrogens is 377 g/mol. The van der Waals surface area contributed by atoms with Crippen LogP contribution >= 0.6 is 0 Å². The van der Waals surface area contributed by atoms with Gasteiger partial charge < -0.3 is 5.32 Å². The Morgan fingerprint density at radius 3 is 2.64 bits per heavy atom. The highest BCUT2D eigenvalue weighted by atomic mass is 19.4. The number of nitrogens with one attached hydrogen (secondary N) is 2. The van der Waals surface area contributed by atoms with Crippen LogP contribution in [0.15, 0.2) is 24.3 Å². The zero-order valence-corrected chi connectivity index (χ0v) is 14.9. The van der Waals surface area contributed by atoms with E-state index in [2.05, 4.69) is 26.0 Å². The molecule has 0 radical (unpaired) electrons. The minimum Gasteiger partial charge on any atom is -0.335 e. The maximum absolute atomic E-state index is 12.8. The van der Waals surface area contributed by atoms with Crippen LogP contribution < -0.4 is 10.6 Å². The lowest BCUT2D eigenvalue weighted by atomic mass is 9.96. The third-order valence-corrected chi connectivity index (χ3v) is 4.38. The van der Waals surface area contributed by atoms with Crippen LogP contribution in [-0.4, -0.2) is 38.2 Å². The summed E-state index contributed by atoms with van der Waals surface area (Å²) in [6, 6.07) is 3.95. The highest BCUT2D eigenvalue weighted by molar-refractivity contribution is 5.94. The zero-order chi connectivity index (χ0) is 20.1. The number of carbonyl (C=O) groups is 2. The molecule has 1 aliphatic carbocycles. The molecule has 28 heavy (non-hydrogen) atoms. The number of imide groups is 1.